The van der Waals surface area contributed by atoms with Crippen LogP contribution in [0.5, 0.6) is 0 Å². The van der Waals surface area contributed by atoms with Crippen LogP contribution >= 0.6 is 0 Å². The lowest BCUT2D eigenvalue weighted by molar-refractivity contribution is -0.120. The van der Waals surface area contributed by atoms with Gasteiger partial charge in [0.15, 0.2) is 5.78 Å². The molecule has 0 aliphatic heterocycles. The fourth-order valence-corrected chi connectivity index (χ4v) is 4.03. The van der Waals surface area contributed by atoms with Crippen LogP contribution in [0.1, 0.15) is 66.9 Å². The van der Waals surface area contributed by atoms with Crippen LogP contribution in [-0.4, -0.2) is 23.3 Å². The smallest absolute Gasteiger partial charge is 0.339 e. The Morgan fingerprint density at radius 3 is 2.42 bits per heavy atom. The number of ketones is 1. The number of carbonyl (C=O) groups excluding carboxylic acids is 2. The number of carbonyl (C=O) groups is 2. The number of esters is 1. The van der Waals surface area contributed by atoms with E-state index in [-0.39, 0.29) is 17.8 Å². The molecule has 1 aliphatic rings. The Bertz CT molecular complexity index is 1200. The maximum atomic E-state index is 12.9. The van der Waals surface area contributed by atoms with Crippen molar-refractivity contribution in [2.24, 2.45) is 0 Å². The van der Waals surface area contributed by atoms with Gasteiger partial charge in [0.1, 0.15) is 6.61 Å². The number of hydrogen-bond acceptors (Lipinski definition) is 4. The van der Waals surface area contributed by atoms with Crippen LogP contribution in [0, 0.1) is 0 Å². The molecule has 0 amide bonds. The van der Waals surface area contributed by atoms with Crippen molar-refractivity contribution in [1.82, 2.24) is 4.98 Å². The zero-order valence-electron chi connectivity index (χ0n) is 18.5. The van der Waals surface area contributed by atoms with E-state index in [0.717, 1.165) is 46.1 Å². The Morgan fingerprint density at radius 1 is 1.03 bits per heavy atom. The Labute approximate surface area is 183 Å². The molecule has 0 fully saturated rings. The minimum Gasteiger partial charge on any atom is -0.454 e. The van der Waals surface area contributed by atoms with E-state index in [1.807, 2.05) is 24.3 Å². The molecule has 3 aromatic rings. The second kappa shape index (κ2) is 8.10. The van der Waals surface area contributed by atoms with Gasteiger partial charge in [0.25, 0.3) is 0 Å². The molecule has 4 heteroatoms. The van der Waals surface area contributed by atoms with Crippen molar-refractivity contribution in [2.75, 3.05) is 6.61 Å². The standard InChI is InChI=1S/C27H27NO3/c1-17(29)16-31-26(30)24-21-7-5-6-8-23(21)28-25-19(11-14-22(24)25)15-18-9-12-20(13-10-18)27(2,3)4/h5-10,12-13,15H,11,14,16H2,1-4H3. The highest BCUT2D eigenvalue weighted by Gasteiger charge is 2.27. The molecule has 0 saturated carbocycles. The molecule has 158 valence electrons. The van der Waals surface area contributed by atoms with Crippen molar-refractivity contribution in [3.05, 3.63) is 76.5 Å². The summed E-state index contributed by atoms with van der Waals surface area (Å²) in [6.07, 6.45) is 3.70. The summed E-state index contributed by atoms with van der Waals surface area (Å²) in [5.74, 6) is -0.636. The number of fused-ring (bicyclic) bond motifs is 2. The number of nitrogens with zero attached hydrogens (tertiary/aromatic N) is 1. The number of hydrogen-bond donors (Lipinski definition) is 0. The molecule has 0 N–H and O–H groups in total. The summed E-state index contributed by atoms with van der Waals surface area (Å²) in [6, 6.07) is 16.2. The number of ether oxygens (including phenoxy) is 1. The predicted octanol–water partition coefficient (Wildman–Crippen LogP) is 5.76. The van der Waals surface area contributed by atoms with Crippen molar-refractivity contribution in [1.29, 1.82) is 0 Å². The number of Topliss-reactive ketones (excluding diaryl/α,β-unsaturated/α-hetero) is 1. The molecule has 0 radical (unpaired) electrons. The molecule has 1 heterocycles. The van der Waals surface area contributed by atoms with Crippen molar-refractivity contribution >= 4 is 34.3 Å². The predicted molar refractivity (Wildman–Crippen MR) is 124 cm³/mol. The molecule has 2 aromatic carbocycles. The number of allylic oxidation sites excluding steroid dienone is 1. The molecular weight excluding hydrogens is 386 g/mol. The maximum absolute atomic E-state index is 12.9. The summed E-state index contributed by atoms with van der Waals surface area (Å²) in [7, 11) is 0. The molecular formula is C27H27NO3. The first-order valence-electron chi connectivity index (χ1n) is 10.6. The number of para-hydroxylation sites is 1. The minimum absolute atomic E-state index is 0.112. The maximum Gasteiger partial charge on any atom is 0.339 e. The number of rotatable bonds is 4. The largest absolute Gasteiger partial charge is 0.454 e. The molecule has 0 saturated heterocycles. The molecule has 0 spiro atoms. The van der Waals surface area contributed by atoms with Gasteiger partial charge in [-0.2, -0.15) is 0 Å². The van der Waals surface area contributed by atoms with E-state index < -0.39 is 5.97 Å². The van der Waals surface area contributed by atoms with Gasteiger partial charge in [-0.1, -0.05) is 63.2 Å². The average molecular weight is 414 g/mol. The topological polar surface area (TPSA) is 56.3 Å². The Balaban J connectivity index is 1.77. The third-order valence-electron chi connectivity index (χ3n) is 5.67. The number of benzene rings is 2. The monoisotopic (exact) mass is 413 g/mol. The first-order valence-corrected chi connectivity index (χ1v) is 10.6. The quantitative estimate of drug-likeness (QED) is 0.510. The number of aromatic nitrogens is 1. The van der Waals surface area contributed by atoms with Crippen molar-refractivity contribution < 1.29 is 14.3 Å². The van der Waals surface area contributed by atoms with Crippen LogP contribution in [0.3, 0.4) is 0 Å². The molecule has 1 aliphatic carbocycles. The van der Waals surface area contributed by atoms with Crippen LogP contribution in [0.15, 0.2) is 48.5 Å². The van der Waals surface area contributed by atoms with Crippen molar-refractivity contribution in [3.8, 4) is 0 Å². The first-order chi connectivity index (χ1) is 14.7. The van der Waals surface area contributed by atoms with Crippen molar-refractivity contribution in [2.45, 2.75) is 46.0 Å². The second-order valence-corrected chi connectivity index (χ2v) is 9.15. The summed E-state index contributed by atoms with van der Waals surface area (Å²) < 4.78 is 5.29. The SMILES string of the molecule is CC(=O)COC(=O)c1c2c(nc3ccccc13)C(=Cc1ccc(C(C)(C)C)cc1)CC2. The molecule has 0 unspecified atom stereocenters. The highest BCUT2D eigenvalue weighted by atomic mass is 16.5. The van der Waals surface area contributed by atoms with Crippen molar-refractivity contribution in [3.63, 3.8) is 0 Å². The highest BCUT2D eigenvalue weighted by Crippen LogP contribution is 2.38. The van der Waals surface area contributed by atoms with Crippen LogP contribution < -0.4 is 0 Å². The summed E-state index contributed by atoms with van der Waals surface area (Å²) >= 11 is 0. The van der Waals surface area contributed by atoms with Gasteiger partial charge in [-0.3, -0.25) is 4.79 Å². The van der Waals surface area contributed by atoms with Gasteiger partial charge in [0, 0.05) is 5.39 Å². The average Bonchev–Trinajstić information content (AvgIpc) is 3.12. The van der Waals surface area contributed by atoms with Crippen LogP contribution in [-0.2, 0) is 21.4 Å². The fourth-order valence-electron chi connectivity index (χ4n) is 4.03. The van der Waals surface area contributed by atoms with Gasteiger partial charge in [-0.15, -0.1) is 0 Å². The molecule has 31 heavy (non-hydrogen) atoms. The Morgan fingerprint density at radius 2 is 1.74 bits per heavy atom. The zero-order chi connectivity index (χ0) is 22.2. The Kier molecular flexibility index (Phi) is 5.48. The minimum atomic E-state index is -0.458. The summed E-state index contributed by atoms with van der Waals surface area (Å²) in [4.78, 5) is 29.1. The molecule has 0 bridgehead atoms. The number of pyridine rings is 1. The van der Waals surface area contributed by atoms with E-state index in [2.05, 4.69) is 51.1 Å². The van der Waals surface area contributed by atoms with Crippen LogP contribution in [0.2, 0.25) is 0 Å². The van der Waals surface area contributed by atoms with Crippen LogP contribution in [0.25, 0.3) is 22.6 Å². The van der Waals surface area contributed by atoms with E-state index >= 15 is 0 Å². The normalized spacial score (nSPS) is 14.6. The lowest BCUT2D eigenvalue weighted by Gasteiger charge is -2.18. The van der Waals surface area contributed by atoms with E-state index in [0.29, 0.717) is 5.56 Å². The van der Waals surface area contributed by atoms with Gasteiger partial charge < -0.3 is 4.74 Å². The zero-order valence-corrected chi connectivity index (χ0v) is 18.5. The van der Waals surface area contributed by atoms with E-state index in [4.69, 9.17) is 9.72 Å². The summed E-state index contributed by atoms with van der Waals surface area (Å²) in [6.45, 7) is 7.81. The third kappa shape index (κ3) is 4.29. The second-order valence-electron chi connectivity index (χ2n) is 9.15. The first kappa shape index (κ1) is 21.0. The summed E-state index contributed by atoms with van der Waals surface area (Å²) in [5.41, 5.74) is 6.69. The molecule has 4 rings (SSSR count). The van der Waals surface area contributed by atoms with Gasteiger partial charge in [-0.05, 0) is 59.6 Å². The van der Waals surface area contributed by atoms with Gasteiger partial charge in [0.2, 0.25) is 0 Å². The van der Waals surface area contributed by atoms with Gasteiger partial charge in [-0.25, -0.2) is 9.78 Å². The van der Waals surface area contributed by atoms with E-state index in [1.54, 1.807) is 0 Å². The van der Waals surface area contributed by atoms with Gasteiger partial charge >= 0.3 is 5.97 Å². The van der Waals surface area contributed by atoms with E-state index in [1.165, 1.54) is 12.5 Å². The lowest BCUT2D eigenvalue weighted by Crippen LogP contribution is -2.14. The third-order valence-corrected chi connectivity index (χ3v) is 5.67. The molecule has 1 aromatic heterocycles. The van der Waals surface area contributed by atoms with E-state index in [9.17, 15) is 9.59 Å². The molecule has 0 atom stereocenters. The summed E-state index contributed by atoms with van der Waals surface area (Å²) in [5, 5.41) is 0.769. The highest BCUT2D eigenvalue weighted by molar-refractivity contribution is 6.07. The van der Waals surface area contributed by atoms with Gasteiger partial charge in [0.05, 0.1) is 16.8 Å². The fraction of sp³-hybridized carbons (Fsp3) is 0.296. The molecule has 4 nitrogen and oxygen atoms in total. The lowest BCUT2D eigenvalue weighted by atomic mass is 9.86. The Hall–Kier alpha value is -3.27. The van der Waals surface area contributed by atoms with Crippen LogP contribution in [0.4, 0.5) is 0 Å².